The third-order valence-corrected chi connectivity index (χ3v) is 4.38. The molecule has 2 aromatic carbocycles. The normalized spacial score (nSPS) is 11.7. The van der Waals surface area contributed by atoms with Crippen LogP contribution in [-0.4, -0.2) is 24.1 Å². The first-order valence-corrected chi connectivity index (χ1v) is 9.32. The van der Waals surface area contributed by atoms with Gasteiger partial charge in [0, 0.05) is 18.0 Å². The first kappa shape index (κ1) is 19.6. The minimum absolute atomic E-state index is 0.0957. The molecule has 0 bridgehead atoms. The number of nitrogens with one attached hydrogen (secondary N) is 1. The molecule has 1 heterocycles. The molecule has 1 aromatic heterocycles. The Kier molecular flexibility index (Phi) is 6.81. The summed E-state index contributed by atoms with van der Waals surface area (Å²) in [7, 11) is 0. The molecule has 3 rings (SSSR count). The highest BCUT2D eigenvalue weighted by molar-refractivity contribution is 5.96. The second kappa shape index (κ2) is 9.71. The molecule has 6 nitrogen and oxygen atoms in total. The van der Waals surface area contributed by atoms with E-state index in [0.29, 0.717) is 17.9 Å². The summed E-state index contributed by atoms with van der Waals surface area (Å²) in [5.41, 5.74) is 1.92. The topological polar surface area (TPSA) is 84.1 Å². The van der Waals surface area contributed by atoms with Gasteiger partial charge in [-0.2, -0.15) is 0 Å². The molecule has 0 unspecified atom stereocenters. The van der Waals surface area contributed by atoms with Crippen LogP contribution in [0, 0.1) is 0 Å². The van der Waals surface area contributed by atoms with Gasteiger partial charge < -0.3 is 19.7 Å². The zero-order valence-electron chi connectivity index (χ0n) is 15.9. The average Bonchev–Trinajstić information content (AvgIpc) is 2.72. The summed E-state index contributed by atoms with van der Waals surface area (Å²) in [6.07, 6.45) is 1.94. The first-order valence-electron chi connectivity index (χ1n) is 9.32. The molecule has 0 aliphatic heterocycles. The third kappa shape index (κ3) is 5.20. The van der Waals surface area contributed by atoms with Gasteiger partial charge in [0.2, 0.25) is 0 Å². The maximum Gasteiger partial charge on any atom is 0.266 e. The zero-order valence-corrected chi connectivity index (χ0v) is 15.9. The Hall–Kier alpha value is -3.12. The summed E-state index contributed by atoms with van der Waals surface area (Å²) in [4.78, 5) is 11.6. The fourth-order valence-corrected chi connectivity index (χ4v) is 2.89. The molecule has 146 valence electrons. The molecule has 0 aliphatic rings. The largest absolute Gasteiger partial charge is 0.493 e. The summed E-state index contributed by atoms with van der Waals surface area (Å²) in [5.74, 6) is 0.451. The van der Waals surface area contributed by atoms with Gasteiger partial charge in [-0.25, -0.2) is 0 Å². The Morgan fingerprint density at radius 1 is 1.14 bits per heavy atom. The van der Waals surface area contributed by atoms with Crippen molar-refractivity contribution < 1.29 is 19.2 Å². The molecule has 0 saturated carbocycles. The van der Waals surface area contributed by atoms with Gasteiger partial charge in [-0.1, -0.05) is 30.3 Å². The molecular formula is C22H24N2O4. The monoisotopic (exact) mass is 380 g/mol. The summed E-state index contributed by atoms with van der Waals surface area (Å²) < 4.78 is 11.3. The number of carbonyl (C=O) groups excluding carboxylic acids is 1. The predicted molar refractivity (Wildman–Crippen MR) is 106 cm³/mol. The van der Waals surface area contributed by atoms with Crippen LogP contribution >= 0.6 is 0 Å². The van der Waals surface area contributed by atoms with Crippen LogP contribution in [0.15, 0.2) is 64.2 Å². The van der Waals surface area contributed by atoms with Crippen LogP contribution in [0.1, 0.15) is 35.7 Å². The Bertz CT molecular complexity index is 996. The lowest BCUT2D eigenvalue weighted by Crippen LogP contribution is -2.15. The van der Waals surface area contributed by atoms with Crippen molar-refractivity contribution in [1.29, 1.82) is 0 Å². The van der Waals surface area contributed by atoms with Crippen LogP contribution in [0.3, 0.4) is 0 Å². The van der Waals surface area contributed by atoms with E-state index in [0.717, 1.165) is 31.3 Å². The second-order valence-electron chi connectivity index (χ2n) is 6.54. The number of ether oxygens (including phenoxy) is 1. The quantitative estimate of drug-likeness (QED) is 0.255. The van der Waals surface area contributed by atoms with Crippen molar-refractivity contribution >= 4 is 16.8 Å². The van der Waals surface area contributed by atoms with Crippen molar-refractivity contribution in [2.45, 2.75) is 26.3 Å². The van der Waals surface area contributed by atoms with E-state index in [1.807, 2.05) is 30.3 Å². The average molecular weight is 380 g/mol. The van der Waals surface area contributed by atoms with Crippen molar-refractivity contribution in [3.05, 3.63) is 71.3 Å². The van der Waals surface area contributed by atoms with E-state index in [2.05, 4.69) is 22.6 Å². The fraction of sp³-hybridized carbons (Fsp3) is 0.273. The smallest absolute Gasteiger partial charge is 0.266 e. The molecule has 3 aromatic rings. The lowest BCUT2D eigenvalue weighted by molar-refractivity contribution is 0.101. The van der Waals surface area contributed by atoms with E-state index >= 15 is 0 Å². The Balaban J connectivity index is 1.48. The van der Waals surface area contributed by atoms with Crippen LogP contribution in [0.2, 0.25) is 0 Å². The number of benzene rings is 2. The molecule has 0 fully saturated rings. The van der Waals surface area contributed by atoms with Crippen LogP contribution in [0.25, 0.3) is 11.0 Å². The van der Waals surface area contributed by atoms with Crippen LogP contribution in [0.4, 0.5) is 0 Å². The maximum absolute atomic E-state index is 11.6. The van der Waals surface area contributed by atoms with Crippen molar-refractivity contribution in [2.75, 3.05) is 13.2 Å². The molecule has 0 spiro atoms. The number of rotatable bonds is 9. The summed E-state index contributed by atoms with van der Waals surface area (Å²) in [5, 5.41) is 16.3. The maximum atomic E-state index is 11.6. The van der Waals surface area contributed by atoms with Crippen LogP contribution in [0.5, 0.6) is 5.75 Å². The Morgan fingerprint density at radius 2 is 1.96 bits per heavy atom. The Labute approximate surface area is 163 Å². The lowest BCUT2D eigenvalue weighted by atomic mass is 10.1. The van der Waals surface area contributed by atoms with Crippen LogP contribution < -0.4 is 15.6 Å². The third-order valence-electron chi connectivity index (χ3n) is 4.38. The predicted octanol–water partition coefficient (Wildman–Crippen LogP) is 3.87. The molecule has 0 amide bonds. The number of unbranched alkanes of at least 4 members (excludes halogenated alkanes) is 1. The molecule has 0 radical (unpaired) electrons. The molecule has 2 N–H and O–H groups in total. The molecule has 0 atom stereocenters. The minimum atomic E-state index is -0.223. The first-order chi connectivity index (χ1) is 13.7. The fourth-order valence-electron chi connectivity index (χ4n) is 2.89. The number of hydrogen-bond acceptors (Lipinski definition) is 6. The number of Topliss-reactive ketones (excluding diaryl/α,β-unsaturated/α-hetero) is 1. The van der Waals surface area contributed by atoms with Crippen molar-refractivity contribution in [1.82, 2.24) is 5.32 Å². The van der Waals surface area contributed by atoms with E-state index < -0.39 is 0 Å². The summed E-state index contributed by atoms with van der Waals surface area (Å²) in [6.45, 7) is 3.80. The zero-order chi connectivity index (χ0) is 19.8. The van der Waals surface area contributed by atoms with Gasteiger partial charge in [0.05, 0.1) is 12.2 Å². The molecular weight excluding hydrogens is 356 g/mol. The number of carbonyl (C=O) groups is 1. The highest BCUT2D eigenvalue weighted by atomic mass is 16.5. The van der Waals surface area contributed by atoms with Gasteiger partial charge in [-0.3, -0.25) is 4.79 Å². The van der Waals surface area contributed by atoms with Gasteiger partial charge in [-0.15, -0.1) is 0 Å². The van der Waals surface area contributed by atoms with Gasteiger partial charge in [0.15, 0.2) is 5.78 Å². The van der Waals surface area contributed by atoms with E-state index in [1.165, 1.54) is 12.5 Å². The van der Waals surface area contributed by atoms with Crippen molar-refractivity contribution in [2.24, 2.45) is 5.16 Å². The second-order valence-corrected chi connectivity index (χ2v) is 6.54. The van der Waals surface area contributed by atoms with Crippen molar-refractivity contribution in [3.8, 4) is 5.75 Å². The van der Waals surface area contributed by atoms with E-state index in [4.69, 9.17) is 14.4 Å². The number of fused-ring (bicyclic) bond motifs is 1. The van der Waals surface area contributed by atoms with Crippen LogP contribution in [-0.2, 0) is 6.54 Å². The lowest BCUT2D eigenvalue weighted by Gasteiger charge is -2.08. The Morgan fingerprint density at radius 3 is 2.71 bits per heavy atom. The number of nitrogens with zero attached hydrogens (tertiary/aromatic N) is 1. The molecule has 0 aliphatic carbocycles. The van der Waals surface area contributed by atoms with Gasteiger partial charge in [-0.05, 0) is 55.2 Å². The molecule has 6 heteroatoms. The highest BCUT2D eigenvalue weighted by Crippen LogP contribution is 2.21. The van der Waals surface area contributed by atoms with Crippen molar-refractivity contribution in [3.63, 3.8) is 0 Å². The standard InChI is InChI=1S/C22H24N2O4/c1-16(25)20-13-18-9-10-19(14-21(18)28-22(20)24-26)27-12-6-5-11-23-15-17-7-3-2-4-8-17/h2-4,7-10,13-14,23,26H,5-6,11-12,15H2,1H3. The van der Waals surface area contributed by atoms with E-state index in [1.54, 1.807) is 12.1 Å². The minimum Gasteiger partial charge on any atom is -0.493 e. The summed E-state index contributed by atoms with van der Waals surface area (Å²) >= 11 is 0. The SMILES string of the molecule is CC(=O)c1cc2ccc(OCCCCNCc3ccccc3)cc2oc1=NO. The number of ketones is 1. The number of hydrogen-bond donors (Lipinski definition) is 2. The summed E-state index contributed by atoms with van der Waals surface area (Å²) in [6, 6.07) is 17.4. The van der Waals surface area contributed by atoms with Gasteiger partial charge >= 0.3 is 0 Å². The van der Waals surface area contributed by atoms with Gasteiger partial charge in [0.1, 0.15) is 11.3 Å². The molecule has 28 heavy (non-hydrogen) atoms. The van der Waals surface area contributed by atoms with E-state index in [-0.39, 0.29) is 16.9 Å². The molecule has 0 saturated heterocycles. The van der Waals surface area contributed by atoms with E-state index in [9.17, 15) is 4.79 Å². The van der Waals surface area contributed by atoms with Gasteiger partial charge in [0.25, 0.3) is 5.55 Å². The highest BCUT2D eigenvalue weighted by Gasteiger charge is 2.09.